The van der Waals surface area contributed by atoms with Gasteiger partial charge in [0.2, 0.25) is 11.8 Å². The number of benzene rings is 2. The normalized spacial score (nSPS) is 30.6. The lowest BCUT2D eigenvalue weighted by molar-refractivity contribution is -0.145. The van der Waals surface area contributed by atoms with Crippen molar-refractivity contribution in [2.24, 2.45) is 11.8 Å². The zero-order valence-electron chi connectivity index (χ0n) is 17.2. The molecule has 3 fully saturated rings. The molecule has 3 saturated heterocycles. The summed E-state index contributed by atoms with van der Waals surface area (Å²) >= 11 is 0. The van der Waals surface area contributed by atoms with Gasteiger partial charge in [-0.05, 0) is 29.7 Å². The van der Waals surface area contributed by atoms with Crippen molar-refractivity contribution in [3.8, 4) is 0 Å². The second-order valence-electron chi connectivity index (χ2n) is 8.42. The van der Waals surface area contributed by atoms with Crippen LogP contribution in [0.2, 0.25) is 0 Å². The summed E-state index contributed by atoms with van der Waals surface area (Å²) < 4.78 is 10.8. The second kappa shape index (κ2) is 8.12. The largest absolute Gasteiger partial charge is 0.461 e. The number of aliphatic hydroxyl groups excluding tert-OH is 2. The molecule has 2 N–H and O–H groups in total. The van der Waals surface area contributed by atoms with Gasteiger partial charge in [-0.25, -0.2) is 4.90 Å². The van der Waals surface area contributed by atoms with E-state index in [4.69, 9.17) is 9.47 Å². The zero-order valence-corrected chi connectivity index (χ0v) is 17.2. The molecular weight excluding hydrogens is 414 g/mol. The van der Waals surface area contributed by atoms with E-state index >= 15 is 0 Å². The number of ether oxygens (including phenoxy) is 2. The highest BCUT2D eigenvalue weighted by atomic mass is 16.6. The SMILES string of the molecule is O=C(CCc1ccc(N2C(=O)C3C4OC(C(O)C4O)C3C2=O)cc1)OCc1ccccc1. The first-order valence-corrected chi connectivity index (χ1v) is 10.6. The smallest absolute Gasteiger partial charge is 0.306 e. The number of fused-ring (bicyclic) bond motifs is 5. The van der Waals surface area contributed by atoms with Crippen LogP contribution >= 0.6 is 0 Å². The first kappa shape index (κ1) is 20.8. The molecule has 0 radical (unpaired) electrons. The molecule has 2 aromatic rings. The van der Waals surface area contributed by atoms with Gasteiger partial charge in [0.25, 0.3) is 0 Å². The summed E-state index contributed by atoms with van der Waals surface area (Å²) in [6.07, 6.45) is -3.36. The maximum atomic E-state index is 12.9. The summed E-state index contributed by atoms with van der Waals surface area (Å²) in [5.74, 6) is -2.69. The Morgan fingerprint density at radius 1 is 0.875 bits per heavy atom. The Hall–Kier alpha value is -3.07. The standard InChI is InChI=1S/C24H23NO7/c26-16(31-12-14-4-2-1-3-5-14)11-8-13-6-9-15(10-7-13)25-23(29)17-18(24(25)30)22-20(28)19(27)21(17)32-22/h1-7,9-10,17-22,27-28H,8,11-12H2. The van der Waals surface area contributed by atoms with Gasteiger partial charge >= 0.3 is 5.97 Å². The molecule has 32 heavy (non-hydrogen) atoms. The van der Waals surface area contributed by atoms with Crippen LogP contribution in [0.15, 0.2) is 54.6 Å². The minimum absolute atomic E-state index is 0.217. The van der Waals surface area contributed by atoms with E-state index in [1.54, 1.807) is 24.3 Å². The summed E-state index contributed by atoms with van der Waals surface area (Å²) in [7, 11) is 0. The molecule has 6 atom stereocenters. The van der Waals surface area contributed by atoms with E-state index in [0.717, 1.165) is 16.0 Å². The fourth-order valence-corrected chi connectivity index (χ4v) is 4.85. The third-order valence-corrected chi connectivity index (χ3v) is 6.50. The molecule has 3 aliphatic heterocycles. The summed E-state index contributed by atoms with van der Waals surface area (Å²) in [6, 6.07) is 16.3. The van der Waals surface area contributed by atoms with Crippen molar-refractivity contribution < 1.29 is 34.1 Å². The molecule has 8 nitrogen and oxygen atoms in total. The van der Waals surface area contributed by atoms with Crippen molar-refractivity contribution >= 4 is 23.5 Å². The van der Waals surface area contributed by atoms with Crippen molar-refractivity contribution in [3.05, 3.63) is 65.7 Å². The van der Waals surface area contributed by atoms with Crippen LogP contribution in [0.25, 0.3) is 0 Å². The number of amides is 2. The first-order chi connectivity index (χ1) is 15.5. The van der Waals surface area contributed by atoms with Crippen molar-refractivity contribution in [2.75, 3.05) is 4.90 Å². The van der Waals surface area contributed by atoms with Gasteiger partial charge in [-0.2, -0.15) is 0 Å². The average molecular weight is 437 g/mol. The van der Waals surface area contributed by atoms with E-state index < -0.39 is 48.1 Å². The lowest BCUT2D eigenvalue weighted by Crippen LogP contribution is -2.47. The fraction of sp³-hybridized carbons (Fsp3) is 0.375. The molecule has 8 heteroatoms. The van der Waals surface area contributed by atoms with Crippen LogP contribution in [0.5, 0.6) is 0 Å². The minimum Gasteiger partial charge on any atom is -0.461 e. The highest BCUT2D eigenvalue weighted by molar-refractivity contribution is 6.22. The maximum Gasteiger partial charge on any atom is 0.306 e. The van der Waals surface area contributed by atoms with Gasteiger partial charge in [-0.1, -0.05) is 42.5 Å². The molecule has 2 aromatic carbocycles. The van der Waals surface area contributed by atoms with Gasteiger partial charge in [0.05, 0.1) is 29.7 Å². The molecule has 0 spiro atoms. The number of hydrogen-bond donors (Lipinski definition) is 2. The van der Waals surface area contributed by atoms with Gasteiger partial charge in [-0.15, -0.1) is 0 Å². The van der Waals surface area contributed by atoms with Crippen molar-refractivity contribution in [1.29, 1.82) is 0 Å². The molecule has 0 aromatic heterocycles. The number of aryl methyl sites for hydroxylation is 1. The summed E-state index contributed by atoms with van der Waals surface area (Å²) in [4.78, 5) is 38.9. The number of carbonyl (C=O) groups excluding carboxylic acids is 3. The van der Waals surface area contributed by atoms with E-state index in [9.17, 15) is 24.6 Å². The topological polar surface area (TPSA) is 113 Å². The number of hydrogen-bond acceptors (Lipinski definition) is 7. The van der Waals surface area contributed by atoms with Crippen LogP contribution in [0.1, 0.15) is 17.5 Å². The van der Waals surface area contributed by atoms with E-state index in [0.29, 0.717) is 12.1 Å². The number of aliphatic hydroxyl groups is 2. The molecule has 5 rings (SSSR count). The van der Waals surface area contributed by atoms with Gasteiger partial charge in [0.15, 0.2) is 0 Å². The van der Waals surface area contributed by atoms with Crippen LogP contribution in [0, 0.1) is 11.8 Å². The Balaban J connectivity index is 1.19. The number of nitrogens with zero attached hydrogens (tertiary/aromatic N) is 1. The number of esters is 1. The fourth-order valence-electron chi connectivity index (χ4n) is 4.85. The lowest BCUT2D eigenvalue weighted by Gasteiger charge is -2.25. The number of carbonyl (C=O) groups is 3. The van der Waals surface area contributed by atoms with Crippen molar-refractivity contribution in [1.82, 2.24) is 0 Å². The third kappa shape index (κ3) is 3.40. The predicted molar refractivity (Wildman–Crippen MR) is 111 cm³/mol. The molecular formula is C24H23NO7. The molecule has 3 aliphatic rings. The summed E-state index contributed by atoms with van der Waals surface area (Å²) in [5.41, 5.74) is 2.22. The number of imide groups is 1. The van der Waals surface area contributed by atoms with Crippen LogP contribution < -0.4 is 4.90 Å². The van der Waals surface area contributed by atoms with E-state index in [-0.39, 0.29) is 19.0 Å². The van der Waals surface area contributed by atoms with E-state index in [1.807, 2.05) is 30.3 Å². The molecule has 0 saturated carbocycles. The summed E-state index contributed by atoms with van der Waals surface area (Å²) in [5, 5.41) is 20.1. The molecule has 166 valence electrons. The quantitative estimate of drug-likeness (QED) is 0.511. The minimum atomic E-state index is -1.16. The van der Waals surface area contributed by atoms with Crippen LogP contribution in [0.4, 0.5) is 5.69 Å². The number of anilines is 1. The van der Waals surface area contributed by atoms with Crippen LogP contribution in [0.3, 0.4) is 0 Å². The Bertz CT molecular complexity index is 1010. The first-order valence-electron chi connectivity index (χ1n) is 10.6. The lowest BCUT2D eigenvalue weighted by atomic mass is 9.78. The molecule has 0 aliphatic carbocycles. The Morgan fingerprint density at radius 2 is 1.47 bits per heavy atom. The van der Waals surface area contributed by atoms with Gasteiger partial charge in [-0.3, -0.25) is 14.4 Å². The number of rotatable bonds is 6. The van der Waals surface area contributed by atoms with E-state index in [1.165, 1.54) is 0 Å². The third-order valence-electron chi connectivity index (χ3n) is 6.50. The maximum absolute atomic E-state index is 12.9. The van der Waals surface area contributed by atoms with E-state index in [2.05, 4.69) is 0 Å². The van der Waals surface area contributed by atoms with Gasteiger partial charge in [0, 0.05) is 6.42 Å². The Labute approximate surface area is 184 Å². The van der Waals surface area contributed by atoms with Gasteiger partial charge in [0.1, 0.15) is 18.8 Å². The highest BCUT2D eigenvalue weighted by Gasteiger charge is 2.68. The molecule has 2 amide bonds. The van der Waals surface area contributed by atoms with Crippen molar-refractivity contribution in [3.63, 3.8) is 0 Å². The van der Waals surface area contributed by atoms with Gasteiger partial charge < -0.3 is 19.7 Å². The average Bonchev–Trinajstić information content (AvgIpc) is 3.42. The monoisotopic (exact) mass is 437 g/mol. The van der Waals surface area contributed by atoms with Crippen molar-refractivity contribution in [2.45, 2.75) is 43.9 Å². The van der Waals surface area contributed by atoms with Crippen LogP contribution in [-0.2, 0) is 36.9 Å². The Morgan fingerprint density at radius 3 is 2.06 bits per heavy atom. The summed E-state index contributed by atoms with van der Waals surface area (Å²) in [6.45, 7) is 0.231. The molecule has 6 unspecified atom stereocenters. The highest BCUT2D eigenvalue weighted by Crippen LogP contribution is 2.49. The van der Waals surface area contributed by atoms with Crippen LogP contribution in [-0.4, -0.2) is 52.4 Å². The zero-order chi connectivity index (χ0) is 22.4. The molecule has 2 bridgehead atoms. The second-order valence-corrected chi connectivity index (χ2v) is 8.42. The Kier molecular flexibility index (Phi) is 5.28. The molecule has 3 heterocycles. The predicted octanol–water partition coefficient (Wildman–Crippen LogP) is 0.971.